The maximum atomic E-state index is 11.9. The van der Waals surface area contributed by atoms with Gasteiger partial charge in [-0.1, -0.05) is 19.3 Å². The van der Waals surface area contributed by atoms with Crippen LogP contribution in [0.2, 0.25) is 0 Å². The van der Waals surface area contributed by atoms with E-state index in [1.165, 1.54) is 31.4 Å². The summed E-state index contributed by atoms with van der Waals surface area (Å²) in [5.41, 5.74) is 6.79. The Morgan fingerprint density at radius 3 is 2.08 bits per heavy atom. The van der Waals surface area contributed by atoms with Crippen LogP contribution in [-0.4, -0.2) is 19.0 Å². The fourth-order valence-electron chi connectivity index (χ4n) is 1.77. The first-order valence-electron chi connectivity index (χ1n) is 7.41. The largest absolute Gasteiger partial charge is 0.416 e. The molecule has 1 aromatic carbocycles. The van der Waals surface area contributed by atoms with Gasteiger partial charge in [0.2, 0.25) is 0 Å². The molecule has 0 spiro atoms. The third-order valence-corrected chi connectivity index (χ3v) is 3.72. The Hall–Kier alpha value is -1.92. The Balaban J connectivity index is 0.000000151. The van der Waals surface area contributed by atoms with E-state index >= 15 is 0 Å². The molecule has 0 atom stereocenters. The molecule has 24 heavy (non-hydrogen) atoms. The van der Waals surface area contributed by atoms with Gasteiger partial charge in [0.05, 0.1) is 5.56 Å². The van der Waals surface area contributed by atoms with Crippen LogP contribution < -0.4 is 21.5 Å². The van der Waals surface area contributed by atoms with Crippen molar-refractivity contribution >= 4 is 19.7 Å². The number of hydrazine groups is 1. The van der Waals surface area contributed by atoms with Crippen LogP contribution in [0.1, 0.15) is 24.8 Å². The standard InChI is InChI=1S/C7H4F3OP.C5H7N3O.C3H6/c8-7(9,10)5-1-3-6(12-11)4-2-5;9-5-4-3(1-6-5)2-7-8-4;1-2-3-1/h1-4H;7-8H,1-2H2,(H,6,9);1-3H2. The van der Waals surface area contributed by atoms with Gasteiger partial charge in [-0.25, -0.2) is 5.43 Å². The molecule has 1 aliphatic carbocycles. The van der Waals surface area contributed by atoms with Crippen LogP contribution in [-0.2, 0) is 15.5 Å². The molecular formula is C15H17F3N3O2P. The average Bonchev–Trinajstić information content (AvgIpc) is 3.30. The molecule has 1 saturated carbocycles. The lowest BCUT2D eigenvalue weighted by Crippen LogP contribution is -2.33. The van der Waals surface area contributed by atoms with E-state index in [0.717, 1.165) is 29.9 Å². The van der Waals surface area contributed by atoms with Crippen LogP contribution in [0.3, 0.4) is 0 Å². The highest BCUT2D eigenvalue weighted by molar-refractivity contribution is 7.34. The minimum atomic E-state index is -4.32. The summed E-state index contributed by atoms with van der Waals surface area (Å²) in [6.45, 7) is 1.49. The monoisotopic (exact) mass is 359 g/mol. The Kier molecular flexibility index (Phi) is 6.34. The van der Waals surface area contributed by atoms with E-state index in [1.807, 2.05) is 0 Å². The van der Waals surface area contributed by atoms with E-state index in [2.05, 4.69) is 16.2 Å². The van der Waals surface area contributed by atoms with Crippen LogP contribution in [0.5, 0.6) is 0 Å². The smallest absolute Gasteiger partial charge is 0.347 e. The summed E-state index contributed by atoms with van der Waals surface area (Å²) < 4.78 is 46.0. The molecule has 0 bridgehead atoms. The molecule has 0 unspecified atom stereocenters. The van der Waals surface area contributed by atoms with Gasteiger partial charge in [-0.2, -0.15) is 13.2 Å². The van der Waals surface area contributed by atoms with Gasteiger partial charge in [0.25, 0.3) is 5.91 Å². The van der Waals surface area contributed by atoms with Crippen LogP contribution in [0.25, 0.3) is 0 Å². The predicted octanol–water partition coefficient (Wildman–Crippen LogP) is 2.27. The van der Waals surface area contributed by atoms with Crippen molar-refractivity contribution in [2.45, 2.75) is 25.4 Å². The van der Waals surface area contributed by atoms with E-state index in [1.54, 1.807) is 0 Å². The average molecular weight is 359 g/mol. The number of rotatable bonds is 1. The van der Waals surface area contributed by atoms with Crippen molar-refractivity contribution < 1.29 is 22.5 Å². The lowest BCUT2D eigenvalue weighted by Gasteiger charge is -2.04. The molecule has 0 radical (unpaired) electrons. The third kappa shape index (κ3) is 5.62. The Labute approximate surface area is 138 Å². The second-order valence-electron chi connectivity index (χ2n) is 5.34. The second-order valence-corrected chi connectivity index (χ2v) is 6.04. The van der Waals surface area contributed by atoms with Crippen molar-refractivity contribution in [1.29, 1.82) is 0 Å². The Morgan fingerprint density at radius 1 is 1.00 bits per heavy atom. The summed E-state index contributed by atoms with van der Waals surface area (Å²) in [7, 11) is -0.268. The maximum Gasteiger partial charge on any atom is 0.416 e. The summed E-state index contributed by atoms with van der Waals surface area (Å²) in [5, 5.41) is 3.04. The number of benzene rings is 1. The minimum Gasteiger partial charge on any atom is -0.347 e. The lowest BCUT2D eigenvalue weighted by atomic mass is 10.2. The van der Waals surface area contributed by atoms with Gasteiger partial charge in [-0.3, -0.25) is 9.36 Å². The van der Waals surface area contributed by atoms with Crippen LogP contribution in [0.4, 0.5) is 13.2 Å². The first kappa shape index (κ1) is 18.4. The van der Waals surface area contributed by atoms with E-state index in [-0.39, 0.29) is 14.4 Å². The summed E-state index contributed by atoms with van der Waals surface area (Å²) in [4.78, 5) is 10.8. The number of halogens is 3. The fourth-order valence-corrected chi connectivity index (χ4v) is 2.04. The molecule has 4 rings (SSSR count). The first-order chi connectivity index (χ1) is 11.4. The molecular weight excluding hydrogens is 342 g/mol. The van der Waals surface area contributed by atoms with Crippen LogP contribution >= 0.6 is 8.46 Å². The maximum absolute atomic E-state index is 11.9. The highest BCUT2D eigenvalue weighted by Crippen LogP contribution is 2.28. The van der Waals surface area contributed by atoms with Gasteiger partial charge < -0.3 is 10.7 Å². The van der Waals surface area contributed by atoms with Crippen molar-refractivity contribution in [2.24, 2.45) is 0 Å². The molecule has 2 aliphatic heterocycles. The first-order valence-corrected chi connectivity index (χ1v) is 8.23. The van der Waals surface area contributed by atoms with Crippen molar-refractivity contribution in [3.63, 3.8) is 0 Å². The third-order valence-electron chi connectivity index (χ3n) is 3.21. The summed E-state index contributed by atoms with van der Waals surface area (Å²) in [6, 6.07) is 4.16. The van der Waals surface area contributed by atoms with Gasteiger partial charge in [-0.15, -0.1) is 0 Å². The zero-order valence-electron chi connectivity index (χ0n) is 12.7. The predicted molar refractivity (Wildman–Crippen MR) is 83.7 cm³/mol. The molecule has 2 heterocycles. The molecule has 0 saturated heterocycles. The normalized spacial score (nSPS) is 17.9. The molecule has 3 aliphatic rings. The van der Waals surface area contributed by atoms with Gasteiger partial charge in [0.15, 0.2) is 8.46 Å². The molecule has 1 fully saturated rings. The van der Waals surface area contributed by atoms with Gasteiger partial charge in [0, 0.05) is 18.4 Å². The molecule has 5 nitrogen and oxygen atoms in total. The number of carbonyl (C=O) groups is 1. The molecule has 9 heteroatoms. The molecule has 3 N–H and O–H groups in total. The van der Waals surface area contributed by atoms with E-state index in [0.29, 0.717) is 11.8 Å². The highest BCUT2D eigenvalue weighted by atomic mass is 31.1. The van der Waals surface area contributed by atoms with Crippen molar-refractivity contribution in [1.82, 2.24) is 16.2 Å². The second kappa shape index (κ2) is 8.26. The van der Waals surface area contributed by atoms with E-state index < -0.39 is 11.7 Å². The SMILES string of the molecule is C1CC1.O=C1NCC2=C1NNC2.O=Pc1ccc(C(F)(F)F)cc1. The summed E-state index contributed by atoms with van der Waals surface area (Å²) >= 11 is 0. The number of nitrogens with one attached hydrogen (secondary N) is 3. The summed E-state index contributed by atoms with van der Waals surface area (Å²) in [5.74, 6) is 0.00926. The number of hydrogen-bond acceptors (Lipinski definition) is 4. The number of amides is 1. The summed E-state index contributed by atoms with van der Waals surface area (Å²) in [6.07, 6.45) is 0.179. The quantitative estimate of drug-likeness (QED) is 0.673. The van der Waals surface area contributed by atoms with Crippen LogP contribution in [0, 0.1) is 0 Å². The molecule has 0 aromatic heterocycles. The fraction of sp³-hybridized carbons (Fsp3) is 0.400. The Morgan fingerprint density at radius 2 is 1.62 bits per heavy atom. The number of hydrogen-bond donors (Lipinski definition) is 3. The number of alkyl halides is 3. The molecule has 1 aromatic rings. The zero-order chi connectivity index (χ0) is 17.6. The van der Waals surface area contributed by atoms with Crippen molar-refractivity contribution in [3.05, 3.63) is 41.1 Å². The van der Waals surface area contributed by atoms with Crippen molar-refractivity contribution in [2.75, 3.05) is 13.1 Å². The highest BCUT2D eigenvalue weighted by Gasteiger charge is 2.29. The van der Waals surface area contributed by atoms with Gasteiger partial charge >= 0.3 is 6.18 Å². The Bertz CT molecular complexity index is 625. The molecule has 1 amide bonds. The lowest BCUT2D eigenvalue weighted by molar-refractivity contribution is -0.137. The molecule has 130 valence electrons. The van der Waals surface area contributed by atoms with E-state index in [4.69, 9.17) is 0 Å². The van der Waals surface area contributed by atoms with Crippen LogP contribution in [0.15, 0.2) is 35.5 Å². The van der Waals surface area contributed by atoms with Gasteiger partial charge in [0.1, 0.15) is 5.70 Å². The van der Waals surface area contributed by atoms with E-state index in [9.17, 15) is 22.5 Å². The number of carbonyl (C=O) groups excluding carboxylic acids is 1. The topological polar surface area (TPSA) is 70.2 Å². The van der Waals surface area contributed by atoms with Crippen molar-refractivity contribution in [3.8, 4) is 0 Å². The minimum absolute atomic E-state index is 0.00926. The zero-order valence-corrected chi connectivity index (χ0v) is 13.6. The van der Waals surface area contributed by atoms with Gasteiger partial charge in [-0.05, 0) is 29.8 Å².